The molecule has 1 aliphatic carbocycles. The van der Waals surface area contributed by atoms with E-state index in [1.54, 1.807) is 24.3 Å². The van der Waals surface area contributed by atoms with Gasteiger partial charge in [0.05, 0.1) is 11.4 Å². The topological polar surface area (TPSA) is 117 Å². The van der Waals surface area contributed by atoms with E-state index >= 15 is 0 Å². The van der Waals surface area contributed by atoms with Crippen LogP contribution in [0.15, 0.2) is 72.9 Å². The third-order valence-electron chi connectivity index (χ3n) is 9.01. The van der Waals surface area contributed by atoms with E-state index in [1.165, 1.54) is 24.5 Å². The van der Waals surface area contributed by atoms with Gasteiger partial charge in [0.25, 0.3) is 11.8 Å². The van der Waals surface area contributed by atoms with Gasteiger partial charge < -0.3 is 25.2 Å². The van der Waals surface area contributed by atoms with E-state index in [1.807, 2.05) is 55.5 Å². The standard InChI is InChI=1S/C35H37N5O4/c1-39-20-18-35(22-39,34(44)37-26-14-10-23(11-15-26)12-17-30(41)42)38-33(43)25-13-16-27-29(21-25)40(2)32(28-9-5-6-19-36-28)31(27)24-7-3-4-8-24/h5-6,9-17,19,21,24H,3-4,7-8,18,20,22H2,1-2H3,(H,37,44)(H,38,43)(H,41,42)/t35-/m0/s1. The summed E-state index contributed by atoms with van der Waals surface area (Å²) in [7, 11) is 3.97. The Labute approximate surface area is 256 Å². The van der Waals surface area contributed by atoms with E-state index in [0.29, 0.717) is 42.2 Å². The van der Waals surface area contributed by atoms with Gasteiger partial charge in [-0.25, -0.2) is 4.79 Å². The maximum absolute atomic E-state index is 13.8. The second-order valence-electron chi connectivity index (χ2n) is 12.0. The van der Waals surface area contributed by atoms with Gasteiger partial charge in [0.15, 0.2) is 0 Å². The Morgan fingerprint density at radius 2 is 1.80 bits per heavy atom. The third-order valence-corrected chi connectivity index (χ3v) is 9.01. The molecule has 0 radical (unpaired) electrons. The second kappa shape index (κ2) is 12.1. The molecule has 226 valence electrons. The van der Waals surface area contributed by atoms with Crippen LogP contribution in [0.2, 0.25) is 0 Å². The van der Waals surface area contributed by atoms with Crippen molar-refractivity contribution in [1.29, 1.82) is 0 Å². The van der Waals surface area contributed by atoms with Gasteiger partial charge in [-0.05, 0) is 85.8 Å². The lowest BCUT2D eigenvalue weighted by Gasteiger charge is -2.29. The molecule has 3 heterocycles. The minimum Gasteiger partial charge on any atom is -0.478 e. The van der Waals surface area contributed by atoms with Crippen molar-refractivity contribution in [3.8, 4) is 11.4 Å². The fourth-order valence-corrected chi connectivity index (χ4v) is 6.78. The summed E-state index contributed by atoms with van der Waals surface area (Å²) in [4.78, 5) is 45.1. The summed E-state index contributed by atoms with van der Waals surface area (Å²) >= 11 is 0. The highest BCUT2D eigenvalue weighted by molar-refractivity contribution is 6.06. The zero-order chi connectivity index (χ0) is 30.8. The number of amides is 2. The number of likely N-dealkylation sites (N-methyl/N-ethyl adjacent to an activating group) is 1. The van der Waals surface area contributed by atoms with Crippen molar-refractivity contribution in [1.82, 2.24) is 19.8 Å². The first-order valence-corrected chi connectivity index (χ1v) is 15.1. The van der Waals surface area contributed by atoms with Gasteiger partial charge >= 0.3 is 5.97 Å². The number of anilines is 1. The van der Waals surface area contributed by atoms with Gasteiger partial charge in [0.1, 0.15) is 5.54 Å². The fourth-order valence-electron chi connectivity index (χ4n) is 6.78. The molecule has 44 heavy (non-hydrogen) atoms. The summed E-state index contributed by atoms with van der Waals surface area (Å²) in [6.07, 6.45) is 9.57. The molecule has 0 spiro atoms. The quantitative estimate of drug-likeness (QED) is 0.235. The highest BCUT2D eigenvalue weighted by Crippen LogP contribution is 2.44. The van der Waals surface area contributed by atoms with Crippen LogP contribution in [0, 0.1) is 0 Å². The summed E-state index contributed by atoms with van der Waals surface area (Å²) in [5.74, 6) is -1.15. The number of aryl methyl sites for hydroxylation is 1. The number of rotatable bonds is 8. The van der Waals surface area contributed by atoms with E-state index in [0.717, 1.165) is 41.2 Å². The van der Waals surface area contributed by atoms with Gasteiger partial charge in [-0.2, -0.15) is 0 Å². The van der Waals surface area contributed by atoms with Crippen LogP contribution in [0.3, 0.4) is 0 Å². The SMILES string of the molecule is CN1CC[C@@](NC(=O)c2ccc3c(C4CCCC4)c(-c4ccccn4)n(C)c3c2)(C(=O)Nc2ccc(C=CC(=O)O)cc2)C1. The lowest BCUT2D eigenvalue weighted by molar-refractivity contribution is -0.131. The highest BCUT2D eigenvalue weighted by Gasteiger charge is 2.45. The van der Waals surface area contributed by atoms with E-state index in [-0.39, 0.29) is 11.8 Å². The molecule has 2 amide bonds. The number of carbonyl (C=O) groups is 3. The van der Waals surface area contributed by atoms with Crippen molar-refractivity contribution in [2.45, 2.75) is 43.6 Å². The van der Waals surface area contributed by atoms with Crippen LogP contribution in [0.25, 0.3) is 28.4 Å². The van der Waals surface area contributed by atoms with Crippen molar-refractivity contribution < 1.29 is 19.5 Å². The Hall–Kier alpha value is -4.76. The number of hydrogen-bond donors (Lipinski definition) is 3. The maximum Gasteiger partial charge on any atom is 0.328 e. The summed E-state index contributed by atoms with van der Waals surface area (Å²) < 4.78 is 2.16. The Kier molecular flexibility index (Phi) is 8.05. The van der Waals surface area contributed by atoms with E-state index in [2.05, 4.69) is 26.3 Å². The number of aliphatic carboxylic acids is 1. The molecular weight excluding hydrogens is 554 g/mol. The molecule has 0 bridgehead atoms. The number of hydrogen-bond acceptors (Lipinski definition) is 5. The first-order valence-electron chi connectivity index (χ1n) is 15.1. The molecule has 2 aliphatic rings. The molecule has 9 heteroatoms. The molecule has 1 saturated heterocycles. The molecule has 3 N–H and O–H groups in total. The molecule has 2 fully saturated rings. The lowest BCUT2D eigenvalue weighted by atomic mass is 9.92. The van der Waals surface area contributed by atoms with Crippen molar-refractivity contribution in [3.63, 3.8) is 0 Å². The van der Waals surface area contributed by atoms with E-state index < -0.39 is 11.5 Å². The van der Waals surface area contributed by atoms with Crippen LogP contribution >= 0.6 is 0 Å². The number of carbonyl (C=O) groups excluding carboxylic acids is 2. The minimum absolute atomic E-state index is 0.287. The number of carboxylic acids is 1. The summed E-state index contributed by atoms with van der Waals surface area (Å²) in [5.41, 5.74) is 4.97. The largest absolute Gasteiger partial charge is 0.478 e. The zero-order valence-electron chi connectivity index (χ0n) is 25.0. The first-order chi connectivity index (χ1) is 21.2. The molecule has 1 saturated carbocycles. The van der Waals surface area contributed by atoms with Gasteiger partial charge in [-0.15, -0.1) is 0 Å². The molecule has 9 nitrogen and oxygen atoms in total. The average molecular weight is 592 g/mol. The number of aromatic nitrogens is 2. The Bertz CT molecular complexity index is 1740. The molecule has 0 unspecified atom stereocenters. The molecule has 1 aliphatic heterocycles. The number of fused-ring (bicyclic) bond motifs is 1. The van der Waals surface area contributed by atoms with Crippen LogP contribution < -0.4 is 10.6 Å². The maximum atomic E-state index is 13.8. The third kappa shape index (κ3) is 5.75. The zero-order valence-corrected chi connectivity index (χ0v) is 25.0. The summed E-state index contributed by atoms with van der Waals surface area (Å²) in [6.45, 7) is 1.05. The van der Waals surface area contributed by atoms with Crippen molar-refractivity contribution in [2.24, 2.45) is 7.05 Å². The molecule has 4 aromatic rings. The Morgan fingerprint density at radius 3 is 2.45 bits per heavy atom. The number of pyridine rings is 1. The van der Waals surface area contributed by atoms with Crippen molar-refractivity contribution >= 4 is 40.4 Å². The molecule has 1 atom stereocenters. The van der Waals surface area contributed by atoms with Gasteiger partial charge in [-0.1, -0.05) is 37.1 Å². The lowest BCUT2D eigenvalue weighted by Crippen LogP contribution is -2.58. The van der Waals surface area contributed by atoms with Gasteiger partial charge in [-0.3, -0.25) is 14.6 Å². The first kappa shape index (κ1) is 29.3. The molecule has 2 aromatic heterocycles. The van der Waals surface area contributed by atoms with E-state index in [9.17, 15) is 14.4 Å². The average Bonchev–Trinajstić information content (AvgIpc) is 3.75. The molecular formula is C35H37N5O4. The van der Waals surface area contributed by atoms with Crippen LogP contribution in [-0.4, -0.2) is 63.0 Å². The number of benzene rings is 2. The number of nitrogens with one attached hydrogen (secondary N) is 2. The minimum atomic E-state index is -1.11. The molecule has 2 aromatic carbocycles. The highest BCUT2D eigenvalue weighted by atomic mass is 16.4. The Balaban J connectivity index is 1.28. The van der Waals surface area contributed by atoms with Crippen LogP contribution in [-0.2, 0) is 16.6 Å². The normalized spacial score (nSPS) is 19.1. The monoisotopic (exact) mass is 591 g/mol. The predicted octanol–water partition coefficient (Wildman–Crippen LogP) is 5.44. The van der Waals surface area contributed by atoms with E-state index in [4.69, 9.17) is 5.11 Å². The van der Waals surface area contributed by atoms with Crippen LogP contribution in [0.1, 0.15) is 59.5 Å². The molecule has 6 rings (SSSR count). The number of likely N-dealkylation sites (tertiary alicyclic amines) is 1. The van der Waals surface area contributed by atoms with Crippen LogP contribution in [0.4, 0.5) is 5.69 Å². The van der Waals surface area contributed by atoms with Crippen molar-refractivity contribution in [3.05, 3.63) is 89.6 Å². The Morgan fingerprint density at radius 1 is 1.02 bits per heavy atom. The number of nitrogens with zero attached hydrogens (tertiary/aromatic N) is 3. The fraction of sp³-hybridized carbons (Fsp3) is 0.314. The summed E-state index contributed by atoms with van der Waals surface area (Å²) in [6, 6.07) is 18.7. The van der Waals surface area contributed by atoms with Gasteiger partial charge in [0.2, 0.25) is 0 Å². The van der Waals surface area contributed by atoms with Gasteiger partial charge in [0, 0.05) is 54.6 Å². The summed E-state index contributed by atoms with van der Waals surface area (Å²) in [5, 5.41) is 16.1. The number of carboxylic acid groups (broad SMARTS) is 1. The second-order valence-corrected chi connectivity index (χ2v) is 12.0. The predicted molar refractivity (Wildman–Crippen MR) is 171 cm³/mol. The van der Waals surface area contributed by atoms with Crippen LogP contribution in [0.5, 0.6) is 0 Å². The smallest absolute Gasteiger partial charge is 0.328 e. The van der Waals surface area contributed by atoms with Crippen molar-refractivity contribution in [2.75, 3.05) is 25.5 Å².